The molecule has 1 N–H and O–H groups in total. The third kappa shape index (κ3) is 2.66. The first-order valence-electron chi connectivity index (χ1n) is 6.39. The van der Waals surface area contributed by atoms with Gasteiger partial charge in [-0.25, -0.2) is 0 Å². The maximum atomic E-state index is 3.29. The quantitative estimate of drug-likeness (QED) is 0.649. The van der Waals surface area contributed by atoms with Crippen molar-refractivity contribution in [2.24, 2.45) is 0 Å². The Labute approximate surface area is 113 Å². The Hall–Kier alpha value is -2.54. The van der Waals surface area contributed by atoms with Crippen LogP contribution in [0.3, 0.4) is 0 Å². The van der Waals surface area contributed by atoms with Gasteiger partial charge in [0.05, 0.1) is 0 Å². The van der Waals surface area contributed by atoms with E-state index in [1.165, 1.54) is 16.7 Å². The molecular formula is C18H15N. The van der Waals surface area contributed by atoms with Gasteiger partial charge < -0.3 is 4.98 Å². The number of hydrogen-bond donors (Lipinski definition) is 1. The van der Waals surface area contributed by atoms with E-state index in [-0.39, 0.29) is 0 Å². The fourth-order valence-corrected chi connectivity index (χ4v) is 2.15. The molecule has 0 fully saturated rings. The Morgan fingerprint density at radius 2 is 1.42 bits per heavy atom. The van der Waals surface area contributed by atoms with Crippen LogP contribution in [0.2, 0.25) is 0 Å². The number of rotatable bonds is 3. The molecule has 0 atom stereocenters. The maximum absolute atomic E-state index is 3.29. The second kappa shape index (κ2) is 5.40. The van der Waals surface area contributed by atoms with Gasteiger partial charge in [0.15, 0.2) is 0 Å². The highest BCUT2D eigenvalue weighted by Crippen LogP contribution is 2.24. The summed E-state index contributed by atoms with van der Waals surface area (Å²) in [6.45, 7) is 0. The minimum absolute atomic E-state index is 1.13. The van der Waals surface area contributed by atoms with E-state index in [9.17, 15) is 0 Å². The van der Waals surface area contributed by atoms with Crippen molar-refractivity contribution in [2.45, 2.75) is 0 Å². The third-order valence-electron chi connectivity index (χ3n) is 3.08. The summed E-state index contributed by atoms with van der Waals surface area (Å²) in [7, 11) is 0. The zero-order valence-corrected chi connectivity index (χ0v) is 10.6. The standard InChI is InChI=1S/C18H15N/c1-3-8-15(9-4-1)14-17(18-12-7-13-19-18)16-10-5-2-6-11-16/h1-14,19H/b17-14-. The zero-order valence-electron chi connectivity index (χ0n) is 10.6. The summed E-state index contributed by atoms with van der Waals surface area (Å²) in [4.78, 5) is 3.29. The van der Waals surface area contributed by atoms with Crippen LogP contribution in [0.5, 0.6) is 0 Å². The van der Waals surface area contributed by atoms with Crippen LogP contribution in [0.25, 0.3) is 11.6 Å². The number of aromatic nitrogens is 1. The Morgan fingerprint density at radius 3 is 2.05 bits per heavy atom. The first kappa shape index (κ1) is 11.5. The van der Waals surface area contributed by atoms with Crippen LogP contribution in [0, 0.1) is 0 Å². The molecule has 0 saturated heterocycles. The van der Waals surface area contributed by atoms with Crippen LogP contribution < -0.4 is 0 Å². The lowest BCUT2D eigenvalue weighted by molar-refractivity contribution is 1.35. The molecule has 19 heavy (non-hydrogen) atoms. The van der Waals surface area contributed by atoms with Gasteiger partial charge in [-0.3, -0.25) is 0 Å². The molecule has 2 aromatic carbocycles. The molecule has 1 aromatic heterocycles. The van der Waals surface area contributed by atoms with E-state index in [2.05, 4.69) is 65.7 Å². The molecule has 0 aliphatic rings. The summed E-state index contributed by atoms with van der Waals surface area (Å²) in [5.74, 6) is 0. The van der Waals surface area contributed by atoms with Crippen molar-refractivity contribution in [1.29, 1.82) is 0 Å². The average molecular weight is 245 g/mol. The lowest BCUT2D eigenvalue weighted by Crippen LogP contribution is -1.88. The molecule has 0 aliphatic heterocycles. The van der Waals surface area contributed by atoms with Gasteiger partial charge in [0.1, 0.15) is 0 Å². The summed E-state index contributed by atoms with van der Waals surface area (Å²) in [5, 5.41) is 0. The molecule has 3 aromatic rings. The van der Waals surface area contributed by atoms with Crippen LogP contribution in [-0.2, 0) is 0 Å². The highest BCUT2D eigenvalue weighted by Gasteiger charge is 2.05. The normalized spacial score (nSPS) is 11.5. The van der Waals surface area contributed by atoms with Crippen LogP contribution in [0.15, 0.2) is 79.0 Å². The van der Waals surface area contributed by atoms with Crippen molar-refractivity contribution in [1.82, 2.24) is 4.98 Å². The summed E-state index contributed by atoms with van der Waals surface area (Å²) in [5.41, 5.74) is 4.76. The first-order chi connectivity index (χ1) is 9.43. The molecule has 3 rings (SSSR count). The Kier molecular flexibility index (Phi) is 3.28. The van der Waals surface area contributed by atoms with Gasteiger partial charge in [-0.15, -0.1) is 0 Å². The van der Waals surface area contributed by atoms with Gasteiger partial charge >= 0.3 is 0 Å². The molecule has 0 amide bonds. The van der Waals surface area contributed by atoms with Gasteiger partial charge in [0.2, 0.25) is 0 Å². The van der Waals surface area contributed by atoms with Gasteiger partial charge in [0, 0.05) is 17.5 Å². The van der Waals surface area contributed by atoms with Gasteiger partial charge in [-0.1, -0.05) is 60.7 Å². The fourth-order valence-electron chi connectivity index (χ4n) is 2.15. The van der Waals surface area contributed by atoms with Crippen molar-refractivity contribution in [3.8, 4) is 0 Å². The molecule has 1 heterocycles. The first-order valence-corrected chi connectivity index (χ1v) is 6.39. The lowest BCUT2D eigenvalue weighted by atomic mass is 10.00. The van der Waals surface area contributed by atoms with Crippen LogP contribution in [0.1, 0.15) is 16.8 Å². The minimum atomic E-state index is 1.13. The lowest BCUT2D eigenvalue weighted by Gasteiger charge is -2.06. The minimum Gasteiger partial charge on any atom is -0.361 e. The van der Waals surface area contributed by atoms with E-state index in [4.69, 9.17) is 0 Å². The molecule has 0 aliphatic carbocycles. The van der Waals surface area contributed by atoms with Crippen molar-refractivity contribution in [3.05, 3.63) is 95.8 Å². The molecule has 1 heteroatoms. The van der Waals surface area contributed by atoms with E-state index >= 15 is 0 Å². The predicted octanol–water partition coefficient (Wildman–Crippen LogP) is 4.60. The van der Waals surface area contributed by atoms with E-state index in [1.807, 2.05) is 24.4 Å². The molecule has 92 valence electrons. The second-order valence-electron chi connectivity index (χ2n) is 4.42. The SMILES string of the molecule is C(=C(\c1ccccc1)c1ccc[nH]1)/c1ccccc1. The Balaban J connectivity index is 2.10. The highest BCUT2D eigenvalue weighted by atomic mass is 14.7. The molecular weight excluding hydrogens is 230 g/mol. The molecule has 0 saturated carbocycles. The van der Waals surface area contributed by atoms with Crippen molar-refractivity contribution in [3.63, 3.8) is 0 Å². The van der Waals surface area contributed by atoms with E-state index in [0.29, 0.717) is 0 Å². The number of nitrogens with one attached hydrogen (secondary N) is 1. The van der Waals surface area contributed by atoms with Crippen LogP contribution >= 0.6 is 0 Å². The number of hydrogen-bond acceptors (Lipinski definition) is 0. The molecule has 1 nitrogen and oxygen atoms in total. The van der Waals surface area contributed by atoms with Gasteiger partial charge in [-0.2, -0.15) is 0 Å². The summed E-state index contributed by atoms with van der Waals surface area (Å²) in [6.07, 6.45) is 4.16. The number of H-pyrrole nitrogens is 1. The van der Waals surface area contributed by atoms with Crippen molar-refractivity contribution >= 4 is 11.6 Å². The molecule has 0 radical (unpaired) electrons. The molecule has 0 unspecified atom stereocenters. The fraction of sp³-hybridized carbons (Fsp3) is 0. The average Bonchev–Trinajstić information content (AvgIpc) is 3.01. The second-order valence-corrected chi connectivity index (χ2v) is 4.42. The van der Waals surface area contributed by atoms with Crippen LogP contribution in [0.4, 0.5) is 0 Å². The Morgan fingerprint density at radius 1 is 0.737 bits per heavy atom. The van der Waals surface area contributed by atoms with Gasteiger partial charge in [-0.05, 0) is 29.3 Å². The van der Waals surface area contributed by atoms with Crippen molar-refractivity contribution < 1.29 is 0 Å². The number of aromatic amines is 1. The van der Waals surface area contributed by atoms with Gasteiger partial charge in [0.25, 0.3) is 0 Å². The van der Waals surface area contributed by atoms with E-state index in [1.54, 1.807) is 0 Å². The van der Waals surface area contributed by atoms with E-state index < -0.39 is 0 Å². The topological polar surface area (TPSA) is 15.8 Å². The van der Waals surface area contributed by atoms with Crippen LogP contribution in [-0.4, -0.2) is 4.98 Å². The summed E-state index contributed by atoms with van der Waals surface area (Å²) < 4.78 is 0. The summed E-state index contributed by atoms with van der Waals surface area (Å²) in [6, 6.07) is 25.0. The predicted molar refractivity (Wildman–Crippen MR) is 80.6 cm³/mol. The summed E-state index contributed by atoms with van der Waals surface area (Å²) >= 11 is 0. The molecule has 0 spiro atoms. The van der Waals surface area contributed by atoms with Crippen molar-refractivity contribution in [2.75, 3.05) is 0 Å². The zero-order chi connectivity index (χ0) is 12.9. The smallest absolute Gasteiger partial charge is 0.0460 e. The maximum Gasteiger partial charge on any atom is 0.0460 e. The monoisotopic (exact) mass is 245 g/mol. The largest absolute Gasteiger partial charge is 0.361 e. The third-order valence-corrected chi connectivity index (χ3v) is 3.08. The molecule has 0 bridgehead atoms. The number of benzene rings is 2. The Bertz CT molecular complexity index is 649. The van der Waals surface area contributed by atoms with E-state index in [0.717, 1.165) is 5.69 Å². The highest BCUT2D eigenvalue weighted by molar-refractivity contribution is 5.90.